The van der Waals surface area contributed by atoms with E-state index in [1.165, 1.54) is 41.6 Å². The summed E-state index contributed by atoms with van der Waals surface area (Å²) in [4.78, 5) is 21.4. The fourth-order valence-electron chi connectivity index (χ4n) is 2.10. The predicted molar refractivity (Wildman–Crippen MR) is 92.8 cm³/mol. The fraction of sp³-hybridized carbons (Fsp3) is 0.188. The van der Waals surface area contributed by atoms with Gasteiger partial charge in [-0.25, -0.2) is 9.97 Å². The highest BCUT2D eigenvalue weighted by molar-refractivity contribution is 8.00. The molecule has 0 saturated carbocycles. The second-order valence-corrected chi connectivity index (χ2v) is 7.37. The minimum Gasteiger partial charge on any atom is -0.325 e. The summed E-state index contributed by atoms with van der Waals surface area (Å²) < 4.78 is 38.2. The number of nitrogens with zero attached hydrogens (tertiary/aromatic N) is 2. The molecule has 0 unspecified atom stereocenters. The summed E-state index contributed by atoms with van der Waals surface area (Å²) in [5, 5.41) is 5.39. The van der Waals surface area contributed by atoms with Crippen molar-refractivity contribution in [2.75, 3.05) is 5.32 Å². The van der Waals surface area contributed by atoms with Gasteiger partial charge >= 0.3 is 6.18 Å². The average Bonchev–Trinajstić information content (AvgIpc) is 3.04. The molecule has 0 radical (unpaired) electrons. The van der Waals surface area contributed by atoms with Crippen LogP contribution in [0, 0.1) is 0 Å². The Labute approximate surface area is 149 Å². The van der Waals surface area contributed by atoms with E-state index >= 15 is 0 Å². The number of carbonyl (C=O) groups excluding carboxylic acids is 1. The molecule has 0 spiro atoms. The minimum absolute atomic E-state index is 0.107. The zero-order valence-corrected chi connectivity index (χ0v) is 14.5. The molecule has 2 heterocycles. The third kappa shape index (κ3) is 4.10. The molecule has 130 valence electrons. The van der Waals surface area contributed by atoms with Gasteiger partial charge in [0.25, 0.3) is 0 Å². The van der Waals surface area contributed by atoms with Crippen molar-refractivity contribution in [2.24, 2.45) is 0 Å². The van der Waals surface area contributed by atoms with Gasteiger partial charge in [0.1, 0.15) is 16.2 Å². The number of nitrogens with one attached hydrogen (secondary N) is 1. The molecule has 1 amide bonds. The van der Waals surface area contributed by atoms with Crippen molar-refractivity contribution in [1.82, 2.24) is 9.97 Å². The van der Waals surface area contributed by atoms with E-state index in [4.69, 9.17) is 0 Å². The molecule has 9 heteroatoms. The SMILES string of the molecule is C[C@H](Sc1ncnc2sccc12)C(=O)Nc1cccc(C(F)(F)F)c1. The van der Waals surface area contributed by atoms with E-state index in [-0.39, 0.29) is 5.69 Å². The zero-order chi connectivity index (χ0) is 18.0. The molecule has 1 aromatic carbocycles. The molecule has 0 bridgehead atoms. The summed E-state index contributed by atoms with van der Waals surface area (Å²) in [5.41, 5.74) is -0.697. The number of rotatable bonds is 4. The lowest BCUT2D eigenvalue weighted by molar-refractivity contribution is -0.137. The topological polar surface area (TPSA) is 54.9 Å². The molecule has 1 N–H and O–H groups in total. The minimum atomic E-state index is -4.45. The van der Waals surface area contributed by atoms with Crippen LogP contribution < -0.4 is 5.32 Å². The van der Waals surface area contributed by atoms with Crippen LogP contribution in [-0.2, 0) is 11.0 Å². The van der Waals surface area contributed by atoms with Crippen molar-refractivity contribution in [3.8, 4) is 0 Å². The van der Waals surface area contributed by atoms with Crippen LogP contribution >= 0.6 is 23.1 Å². The maximum absolute atomic E-state index is 12.7. The van der Waals surface area contributed by atoms with E-state index in [2.05, 4.69) is 15.3 Å². The molecule has 4 nitrogen and oxygen atoms in total. The molecular formula is C16H12F3N3OS2. The van der Waals surface area contributed by atoms with Gasteiger partial charge in [0.15, 0.2) is 0 Å². The lowest BCUT2D eigenvalue weighted by Gasteiger charge is -2.13. The maximum Gasteiger partial charge on any atom is 0.416 e. The van der Waals surface area contributed by atoms with Crippen LogP contribution in [0.25, 0.3) is 10.2 Å². The van der Waals surface area contributed by atoms with Gasteiger partial charge < -0.3 is 5.32 Å². The van der Waals surface area contributed by atoms with Gasteiger partial charge in [-0.2, -0.15) is 13.2 Å². The highest BCUT2D eigenvalue weighted by atomic mass is 32.2. The Kier molecular flexibility index (Phi) is 4.96. The van der Waals surface area contributed by atoms with Crippen LogP contribution in [0.5, 0.6) is 0 Å². The van der Waals surface area contributed by atoms with E-state index in [1.54, 1.807) is 6.92 Å². The van der Waals surface area contributed by atoms with Gasteiger partial charge in [0.2, 0.25) is 5.91 Å². The Bertz CT molecular complexity index is 911. The highest BCUT2D eigenvalue weighted by Crippen LogP contribution is 2.32. The molecule has 25 heavy (non-hydrogen) atoms. The summed E-state index contributed by atoms with van der Waals surface area (Å²) in [6.07, 6.45) is -3.02. The predicted octanol–water partition coefficient (Wildman–Crippen LogP) is 4.83. The van der Waals surface area contributed by atoms with Crippen LogP contribution in [0.2, 0.25) is 0 Å². The van der Waals surface area contributed by atoms with Crippen LogP contribution in [0.15, 0.2) is 47.1 Å². The lowest BCUT2D eigenvalue weighted by atomic mass is 10.2. The molecule has 3 rings (SSSR count). The number of aromatic nitrogens is 2. The number of hydrogen-bond donors (Lipinski definition) is 1. The fourth-order valence-corrected chi connectivity index (χ4v) is 3.80. The summed E-state index contributed by atoms with van der Waals surface area (Å²) in [6.45, 7) is 1.67. The number of halogens is 3. The van der Waals surface area contributed by atoms with Crippen LogP contribution in [0.3, 0.4) is 0 Å². The van der Waals surface area contributed by atoms with Crippen molar-refractivity contribution in [2.45, 2.75) is 23.4 Å². The van der Waals surface area contributed by atoms with Crippen LogP contribution in [0.1, 0.15) is 12.5 Å². The summed E-state index contributed by atoms with van der Waals surface area (Å²) in [6, 6.07) is 6.43. The van der Waals surface area contributed by atoms with Gasteiger partial charge in [0.05, 0.1) is 10.8 Å². The second-order valence-electron chi connectivity index (χ2n) is 5.15. The second kappa shape index (κ2) is 7.01. The first kappa shape index (κ1) is 17.7. The first-order valence-electron chi connectivity index (χ1n) is 7.17. The Morgan fingerprint density at radius 2 is 2.08 bits per heavy atom. The molecule has 0 saturated heterocycles. The zero-order valence-electron chi connectivity index (χ0n) is 12.9. The van der Waals surface area contributed by atoms with Crippen LogP contribution in [-0.4, -0.2) is 21.1 Å². The molecule has 2 aromatic heterocycles. The molecule has 1 atom stereocenters. The Morgan fingerprint density at radius 1 is 1.28 bits per heavy atom. The first-order valence-corrected chi connectivity index (χ1v) is 8.93. The van der Waals surface area contributed by atoms with Gasteiger partial charge in [-0.05, 0) is 36.6 Å². The largest absolute Gasteiger partial charge is 0.416 e. The van der Waals surface area contributed by atoms with Gasteiger partial charge in [-0.15, -0.1) is 11.3 Å². The Morgan fingerprint density at radius 3 is 2.84 bits per heavy atom. The number of anilines is 1. The number of thioether (sulfide) groups is 1. The third-order valence-corrected chi connectivity index (χ3v) is 5.28. The first-order chi connectivity index (χ1) is 11.8. The molecule has 0 aliphatic heterocycles. The van der Waals surface area contributed by atoms with Crippen molar-refractivity contribution in [3.05, 3.63) is 47.6 Å². The monoisotopic (exact) mass is 383 g/mol. The molecule has 0 fully saturated rings. The van der Waals surface area contributed by atoms with Crippen molar-refractivity contribution < 1.29 is 18.0 Å². The van der Waals surface area contributed by atoms with Gasteiger partial charge in [0, 0.05) is 11.1 Å². The van der Waals surface area contributed by atoms with E-state index in [9.17, 15) is 18.0 Å². The Hall–Kier alpha value is -2.13. The number of alkyl halides is 3. The van der Waals surface area contributed by atoms with E-state index < -0.39 is 22.9 Å². The van der Waals surface area contributed by atoms with Gasteiger partial charge in [-0.1, -0.05) is 17.8 Å². The van der Waals surface area contributed by atoms with Crippen molar-refractivity contribution >= 4 is 44.9 Å². The van der Waals surface area contributed by atoms with E-state index in [1.807, 2.05) is 11.4 Å². The summed E-state index contributed by atoms with van der Waals surface area (Å²) in [7, 11) is 0. The lowest BCUT2D eigenvalue weighted by Crippen LogP contribution is -2.22. The summed E-state index contributed by atoms with van der Waals surface area (Å²) in [5.74, 6) is -0.397. The van der Waals surface area contributed by atoms with Crippen LogP contribution in [0.4, 0.5) is 18.9 Å². The number of thiophene rings is 1. The quantitative estimate of drug-likeness (QED) is 0.518. The van der Waals surface area contributed by atoms with Crippen molar-refractivity contribution in [1.29, 1.82) is 0 Å². The number of fused-ring (bicyclic) bond motifs is 1. The molecule has 0 aliphatic carbocycles. The molecule has 3 aromatic rings. The summed E-state index contributed by atoms with van der Waals surface area (Å²) >= 11 is 2.71. The molecular weight excluding hydrogens is 371 g/mol. The van der Waals surface area contributed by atoms with E-state index in [0.29, 0.717) is 5.03 Å². The van der Waals surface area contributed by atoms with Gasteiger partial charge in [-0.3, -0.25) is 4.79 Å². The van der Waals surface area contributed by atoms with Crippen molar-refractivity contribution in [3.63, 3.8) is 0 Å². The molecule has 0 aliphatic rings. The standard InChI is InChI=1S/C16H12F3N3OS2/c1-9(25-15-12-5-6-24-14(12)20-8-21-15)13(23)22-11-4-2-3-10(7-11)16(17,18)19/h2-9H,1H3,(H,22,23)/t9-/m0/s1. The van der Waals surface area contributed by atoms with E-state index in [0.717, 1.165) is 22.3 Å². The maximum atomic E-state index is 12.7. The highest BCUT2D eigenvalue weighted by Gasteiger charge is 2.30. The average molecular weight is 383 g/mol. The number of hydrogen-bond acceptors (Lipinski definition) is 5. The normalized spacial score (nSPS) is 13.0. The number of benzene rings is 1. The number of amides is 1. The smallest absolute Gasteiger partial charge is 0.325 e. The third-order valence-electron chi connectivity index (χ3n) is 3.34. The number of carbonyl (C=O) groups is 1. The Balaban J connectivity index is 1.72.